The minimum absolute atomic E-state index is 0.716. The highest BCUT2D eigenvalue weighted by Gasteiger charge is 2.03. The number of methoxy groups -OCH3 is 1. The molecule has 2 aromatic carbocycles. The van der Waals surface area contributed by atoms with Crippen LogP contribution in [-0.2, 0) is 0 Å². The van der Waals surface area contributed by atoms with Crippen molar-refractivity contribution in [3.63, 3.8) is 0 Å². The van der Waals surface area contributed by atoms with Gasteiger partial charge in [-0.2, -0.15) is 0 Å². The zero-order valence-corrected chi connectivity index (χ0v) is 10.9. The van der Waals surface area contributed by atoms with Crippen LogP contribution in [0.25, 0.3) is 0 Å². The van der Waals surface area contributed by atoms with Crippen LogP contribution in [0.2, 0.25) is 0 Å². The number of hydrogen-bond donors (Lipinski definition) is 1. The van der Waals surface area contributed by atoms with E-state index in [4.69, 9.17) is 15.2 Å². The second-order valence-electron chi connectivity index (χ2n) is 3.47. The molecule has 0 heterocycles. The van der Waals surface area contributed by atoms with Crippen LogP contribution in [0.5, 0.6) is 17.2 Å². The molecule has 0 spiro atoms. The Morgan fingerprint density at radius 2 is 1.65 bits per heavy atom. The molecule has 0 unspecified atom stereocenters. The van der Waals surface area contributed by atoms with Crippen LogP contribution in [0, 0.1) is 0 Å². The molecule has 17 heavy (non-hydrogen) atoms. The molecule has 2 aromatic rings. The number of rotatable bonds is 3. The van der Waals surface area contributed by atoms with Crippen molar-refractivity contribution in [2.45, 2.75) is 0 Å². The quantitative estimate of drug-likeness (QED) is 0.875. The van der Waals surface area contributed by atoms with Crippen molar-refractivity contribution >= 4 is 21.6 Å². The largest absolute Gasteiger partial charge is 0.496 e. The molecule has 0 atom stereocenters. The topological polar surface area (TPSA) is 44.5 Å². The van der Waals surface area contributed by atoms with E-state index >= 15 is 0 Å². The van der Waals surface area contributed by atoms with E-state index in [2.05, 4.69) is 15.9 Å². The van der Waals surface area contributed by atoms with E-state index in [-0.39, 0.29) is 0 Å². The number of hydrogen-bond acceptors (Lipinski definition) is 3. The fourth-order valence-electron chi connectivity index (χ4n) is 1.38. The highest BCUT2D eigenvalue weighted by molar-refractivity contribution is 9.10. The lowest BCUT2D eigenvalue weighted by Gasteiger charge is -2.08. The average molecular weight is 294 g/mol. The molecule has 2 rings (SSSR count). The Bertz CT molecular complexity index is 511. The van der Waals surface area contributed by atoms with E-state index in [1.54, 1.807) is 19.2 Å². The third kappa shape index (κ3) is 2.91. The van der Waals surface area contributed by atoms with Crippen LogP contribution < -0.4 is 15.2 Å². The van der Waals surface area contributed by atoms with Crippen LogP contribution in [0.3, 0.4) is 0 Å². The molecule has 0 fully saturated rings. The first kappa shape index (κ1) is 11.8. The van der Waals surface area contributed by atoms with Gasteiger partial charge in [-0.25, -0.2) is 0 Å². The summed E-state index contributed by atoms with van der Waals surface area (Å²) in [5.41, 5.74) is 6.32. The van der Waals surface area contributed by atoms with E-state index in [1.807, 2.05) is 30.3 Å². The van der Waals surface area contributed by atoms with Crippen molar-refractivity contribution in [2.75, 3.05) is 12.8 Å². The van der Waals surface area contributed by atoms with Gasteiger partial charge in [0.1, 0.15) is 17.2 Å². The van der Waals surface area contributed by atoms with Crippen molar-refractivity contribution in [1.82, 2.24) is 0 Å². The zero-order valence-electron chi connectivity index (χ0n) is 9.31. The Kier molecular flexibility index (Phi) is 3.54. The predicted octanol–water partition coefficient (Wildman–Crippen LogP) is 3.83. The maximum atomic E-state index is 5.67. The fourth-order valence-corrected chi connectivity index (χ4v) is 1.90. The molecule has 4 heteroatoms. The van der Waals surface area contributed by atoms with Gasteiger partial charge >= 0.3 is 0 Å². The van der Waals surface area contributed by atoms with Gasteiger partial charge in [-0.3, -0.25) is 0 Å². The lowest BCUT2D eigenvalue weighted by atomic mass is 10.3. The zero-order chi connectivity index (χ0) is 12.3. The monoisotopic (exact) mass is 293 g/mol. The standard InChI is InChI=1S/C13H12BrNO2/c1-16-13-7-6-11(8-12(13)14)17-10-4-2-9(15)3-5-10/h2-8H,15H2,1H3. The summed E-state index contributed by atoms with van der Waals surface area (Å²) in [6.45, 7) is 0. The van der Waals surface area contributed by atoms with Gasteiger partial charge in [-0.05, 0) is 58.4 Å². The van der Waals surface area contributed by atoms with Crippen molar-refractivity contribution < 1.29 is 9.47 Å². The van der Waals surface area contributed by atoms with Crippen molar-refractivity contribution in [2.24, 2.45) is 0 Å². The minimum Gasteiger partial charge on any atom is -0.496 e. The van der Waals surface area contributed by atoms with Gasteiger partial charge in [0.15, 0.2) is 0 Å². The van der Waals surface area contributed by atoms with Crippen LogP contribution in [0.15, 0.2) is 46.9 Å². The Morgan fingerprint density at radius 1 is 1.00 bits per heavy atom. The third-order valence-electron chi connectivity index (χ3n) is 2.24. The molecule has 0 aliphatic carbocycles. The summed E-state index contributed by atoms with van der Waals surface area (Å²) in [6.07, 6.45) is 0. The van der Waals surface area contributed by atoms with Gasteiger partial charge in [0.05, 0.1) is 11.6 Å². The third-order valence-corrected chi connectivity index (χ3v) is 2.86. The van der Waals surface area contributed by atoms with E-state index < -0.39 is 0 Å². The van der Waals surface area contributed by atoms with Crippen LogP contribution >= 0.6 is 15.9 Å². The van der Waals surface area contributed by atoms with E-state index in [1.165, 1.54) is 0 Å². The van der Waals surface area contributed by atoms with Gasteiger partial charge < -0.3 is 15.2 Å². The Hall–Kier alpha value is -1.68. The van der Waals surface area contributed by atoms with Crippen LogP contribution in [0.4, 0.5) is 5.69 Å². The molecule has 0 radical (unpaired) electrons. The number of anilines is 1. The predicted molar refractivity (Wildman–Crippen MR) is 71.6 cm³/mol. The van der Waals surface area contributed by atoms with Gasteiger partial charge in [-0.15, -0.1) is 0 Å². The summed E-state index contributed by atoms with van der Waals surface area (Å²) >= 11 is 3.41. The average Bonchev–Trinajstić information content (AvgIpc) is 2.32. The van der Waals surface area contributed by atoms with Crippen molar-refractivity contribution in [3.05, 3.63) is 46.9 Å². The van der Waals surface area contributed by atoms with E-state index in [0.717, 1.165) is 21.7 Å². The fraction of sp³-hybridized carbons (Fsp3) is 0.0769. The summed E-state index contributed by atoms with van der Waals surface area (Å²) in [4.78, 5) is 0. The van der Waals surface area contributed by atoms with Gasteiger partial charge in [0.2, 0.25) is 0 Å². The van der Waals surface area contributed by atoms with E-state index in [0.29, 0.717) is 5.69 Å². The number of halogens is 1. The molecular weight excluding hydrogens is 282 g/mol. The second kappa shape index (κ2) is 5.10. The molecule has 0 saturated heterocycles. The molecule has 0 amide bonds. The van der Waals surface area contributed by atoms with E-state index in [9.17, 15) is 0 Å². The lowest BCUT2D eigenvalue weighted by Crippen LogP contribution is -1.88. The van der Waals surface area contributed by atoms with Gasteiger partial charge in [0.25, 0.3) is 0 Å². The minimum atomic E-state index is 0.716. The SMILES string of the molecule is COc1ccc(Oc2ccc(N)cc2)cc1Br. The first-order valence-electron chi connectivity index (χ1n) is 5.06. The highest BCUT2D eigenvalue weighted by atomic mass is 79.9. The van der Waals surface area contributed by atoms with Crippen molar-refractivity contribution in [3.8, 4) is 17.2 Å². The maximum Gasteiger partial charge on any atom is 0.133 e. The summed E-state index contributed by atoms with van der Waals surface area (Å²) in [5.74, 6) is 2.26. The summed E-state index contributed by atoms with van der Waals surface area (Å²) < 4.78 is 11.7. The maximum absolute atomic E-state index is 5.67. The number of benzene rings is 2. The molecule has 0 bridgehead atoms. The van der Waals surface area contributed by atoms with Crippen LogP contribution in [-0.4, -0.2) is 7.11 Å². The normalized spacial score (nSPS) is 10.0. The Labute approximate surface area is 108 Å². The Balaban J connectivity index is 2.19. The Morgan fingerprint density at radius 3 is 2.24 bits per heavy atom. The molecule has 0 saturated carbocycles. The molecule has 88 valence electrons. The number of nitrogen functional groups attached to an aromatic ring is 1. The van der Waals surface area contributed by atoms with Gasteiger partial charge in [0, 0.05) is 5.69 Å². The smallest absolute Gasteiger partial charge is 0.133 e. The second-order valence-corrected chi connectivity index (χ2v) is 4.32. The number of ether oxygens (including phenoxy) is 2. The summed E-state index contributed by atoms with van der Waals surface area (Å²) in [5, 5.41) is 0. The first-order valence-corrected chi connectivity index (χ1v) is 5.85. The highest BCUT2D eigenvalue weighted by Crippen LogP contribution is 2.31. The summed E-state index contributed by atoms with van der Waals surface area (Å²) in [7, 11) is 1.63. The molecular formula is C13H12BrNO2. The summed E-state index contributed by atoms with van der Waals surface area (Å²) in [6, 6.07) is 12.8. The molecule has 0 aromatic heterocycles. The molecule has 0 aliphatic heterocycles. The number of nitrogens with two attached hydrogens (primary N) is 1. The lowest BCUT2D eigenvalue weighted by molar-refractivity contribution is 0.410. The first-order chi connectivity index (χ1) is 8.19. The van der Waals surface area contributed by atoms with Gasteiger partial charge in [-0.1, -0.05) is 0 Å². The molecule has 3 nitrogen and oxygen atoms in total. The van der Waals surface area contributed by atoms with Crippen LogP contribution in [0.1, 0.15) is 0 Å². The molecule has 2 N–H and O–H groups in total. The van der Waals surface area contributed by atoms with Crippen molar-refractivity contribution in [1.29, 1.82) is 0 Å². The molecule has 0 aliphatic rings.